The number of nitrogens with zero attached hydrogens (tertiary/aromatic N) is 3. The molecule has 4 aromatic rings. The second kappa shape index (κ2) is 12.8. The summed E-state index contributed by atoms with van der Waals surface area (Å²) in [6, 6.07) is 11.6. The minimum atomic E-state index is -4.59. The van der Waals surface area contributed by atoms with Gasteiger partial charge in [-0.15, -0.1) is 0 Å². The zero-order valence-electron chi connectivity index (χ0n) is 23.4. The molecule has 0 unspecified atom stereocenters. The number of hydrogen-bond acceptors (Lipinski definition) is 10. The third kappa shape index (κ3) is 8.20. The van der Waals surface area contributed by atoms with Crippen molar-refractivity contribution in [3.63, 3.8) is 0 Å². The molecule has 1 fully saturated rings. The van der Waals surface area contributed by atoms with Crippen molar-refractivity contribution in [3.05, 3.63) is 66.0 Å². The van der Waals surface area contributed by atoms with Gasteiger partial charge in [-0.2, -0.15) is 18.2 Å². The average molecular weight is 669 g/mol. The summed E-state index contributed by atoms with van der Waals surface area (Å²) >= 11 is 0. The number of anilines is 2. The summed E-state index contributed by atoms with van der Waals surface area (Å²) in [5, 5.41) is 13.3. The van der Waals surface area contributed by atoms with Gasteiger partial charge in [-0.05, 0) is 74.0 Å². The predicted octanol–water partition coefficient (Wildman–Crippen LogP) is 3.09. The number of nitrogens with one attached hydrogen (secondary N) is 4. The summed E-state index contributed by atoms with van der Waals surface area (Å²) in [6.45, 7) is -0.0935. The van der Waals surface area contributed by atoms with Gasteiger partial charge in [0, 0.05) is 18.2 Å². The Morgan fingerprint density at radius 1 is 0.911 bits per heavy atom. The molecule has 1 aliphatic rings. The minimum absolute atomic E-state index is 0.0404. The first-order valence-corrected chi connectivity index (χ1v) is 16.6. The fourth-order valence-corrected chi connectivity index (χ4v) is 6.55. The van der Waals surface area contributed by atoms with Crippen LogP contribution < -0.4 is 25.8 Å². The van der Waals surface area contributed by atoms with Crippen LogP contribution in [0.15, 0.2) is 64.4 Å². The van der Waals surface area contributed by atoms with E-state index in [-0.39, 0.29) is 51.5 Å². The third-order valence-corrected chi connectivity index (χ3v) is 9.34. The molecule has 0 radical (unpaired) electrons. The summed E-state index contributed by atoms with van der Waals surface area (Å²) in [6.07, 6.45) is -3.50. The molecule has 45 heavy (non-hydrogen) atoms. The number of rotatable bonds is 10. The van der Waals surface area contributed by atoms with Crippen LogP contribution in [0.5, 0.6) is 0 Å². The van der Waals surface area contributed by atoms with Crippen molar-refractivity contribution in [1.82, 2.24) is 25.0 Å². The molecule has 1 aliphatic heterocycles. The number of piperidine rings is 1. The van der Waals surface area contributed by atoms with E-state index in [9.17, 15) is 34.4 Å². The van der Waals surface area contributed by atoms with Crippen molar-refractivity contribution >= 4 is 42.8 Å². The van der Waals surface area contributed by atoms with E-state index in [2.05, 4.69) is 35.6 Å². The molecule has 3 heterocycles. The lowest BCUT2D eigenvalue weighted by Crippen LogP contribution is -2.42. The predicted molar refractivity (Wildman–Crippen MR) is 159 cm³/mol. The molecule has 5 rings (SSSR count). The van der Waals surface area contributed by atoms with E-state index < -0.39 is 43.5 Å². The lowest BCUT2D eigenvalue weighted by Gasteiger charge is -2.23. The molecule has 2 aromatic heterocycles. The largest absolute Gasteiger partial charge is 0.405 e. The first kappa shape index (κ1) is 32.4. The Balaban J connectivity index is 1.45. The molecule has 1 saturated heterocycles. The molecule has 240 valence electrons. The molecule has 0 saturated carbocycles. The van der Waals surface area contributed by atoms with Crippen molar-refractivity contribution in [3.8, 4) is 11.3 Å². The highest BCUT2D eigenvalue weighted by Gasteiger charge is 2.28. The molecular formula is C27H28F4N8O4S2. The number of pyridine rings is 1. The Hall–Kier alpha value is -3.97. The van der Waals surface area contributed by atoms with E-state index in [1.807, 2.05) is 0 Å². The van der Waals surface area contributed by atoms with Crippen LogP contribution in [0.2, 0.25) is 0 Å². The number of sulfonamides is 2. The number of alkyl halides is 3. The first-order chi connectivity index (χ1) is 21.2. The Morgan fingerprint density at radius 2 is 1.62 bits per heavy atom. The molecule has 18 heteroatoms. The number of fused-ring (bicyclic) bond motifs is 1. The minimum Gasteiger partial charge on any atom is -0.359 e. The van der Waals surface area contributed by atoms with Gasteiger partial charge in [-0.25, -0.2) is 41.1 Å². The molecule has 0 aliphatic carbocycles. The monoisotopic (exact) mass is 668 g/mol. The van der Waals surface area contributed by atoms with Crippen LogP contribution in [-0.4, -0.2) is 63.6 Å². The quantitative estimate of drug-likeness (QED) is 0.158. The summed E-state index contributed by atoms with van der Waals surface area (Å²) in [5.41, 5.74) is 1.08. The topological polar surface area (TPSA) is 181 Å². The highest BCUT2D eigenvalue weighted by Crippen LogP contribution is 2.29. The van der Waals surface area contributed by atoms with Crippen LogP contribution in [0.4, 0.5) is 29.3 Å². The van der Waals surface area contributed by atoms with Gasteiger partial charge < -0.3 is 16.0 Å². The highest BCUT2D eigenvalue weighted by molar-refractivity contribution is 7.89. The second-order valence-corrected chi connectivity index (χ2v) is 13.5. The molecular weight excluding hydrogens is 640 g/mol. The molecule has 12 nitrogen and oxygen atoms in total. The maximum Gasteiger partial charge on any atom is 0.405 e. The number of nitrogens with two attached hydrogens (primary N) is 1. The SMILES string of the molecule is NS(=O)(=O)c1ccc(CNc2nc(NCC(F)(F)F)c3nc(-c4ccc(F)c(S(=O)(=O)NC5CCNCC5)c4)ccc3n2)cc1. The Kier molecular flexibility index (Phi) is 9.22. The zero-order chi connectivity index (χ0) is 32.4. The normalized spacial score (nSPS) is 14.9. The van der Waals surface area contributed by atoms with Gasteiger partial charge in [0.1, 0.15) is 22.8 Å². The number of hydrogen-bond donors (Lipinski definition) is 5. The van der Waals surface area contributed by atoms with Gasteiger partial charge in [0.05, 0.1) is 16.1 Å². The molecule has 0 amide bonds. The van der Waals surface area contributed by atoms with E-state index >= 15 is 0 Å². The van der Waals surface area contributed by atoms with Crippen LogP contribution >= 0.6 is 0 Å². The number of primary sulfonamides is 1. The van der Waals surface area contributed by atoms with Crippen LogP contribution in [-0.2, 0) is 26.6 Å². The molecule has 0 atom stereocenters. The standard InChI is InChI=1S/C27H28F4N8O4S2/c28-20-6-3-17(13-23(20)45(42,43)39-18-9-11-33-12-10-18)21-7-8-22-24(36-21)25(35-15-27(29,30)31)38-26(37-22)34-14-16-1-4-19(5-2-16)44(32,40)41/h1-8,13,18,33,39H,9-12,14-15H2,(H2,32,40,41)(H2,34,35,37,38). The number of aromatic nitrogens is 3. The lowest BCUT2D eigenvalue weighted by molar-refractivity contribution is -0.115. The van der Waals surface area contributed by atoms with E-state index in [1.54, 1.807) is 0 Å². The zero-order valence-corrected chi connectivity index (χ0v) is 25.0. The van der Waals surface area contributed by atoms with E-state index in [1.165, 1.54) is 42.5 Å². The van der Waals surface area contributed by atoms with E-state index in [4.69, 9.17) is 5.14 Å². The van der Waals surface area contributed by atoms with Crippen LogP contribution in [0.1, 0.15) is 18.4 Å². The molecule has 0 bridgehead atoms. The Morgan fingerprint density at radius 3 is 2.29 bits per heavy atom. The first-order valence-electron chi connectivity index (χ1n) is 13.6. The summed E-state index contributed by atoms with van der Waals surface area (Å²) in [5.74, 6) is -1.27. The van der Waals surface area contributed by atoms with Crippen molar-refractivity contribution in [2.45, 2.75) is 41.4 Å². The fourth-order valence-electron chi connectivity index (χ4n) is 4.63. The van der Waals surface area contributed by atoms with E-state index in [0.29, 0.717) is 31.5 Å². The molecule has 6 N–H and O–H groups in total. The van der Waals surface area contributed by atoms with E-state index in [0.717, 1.165) is 12.1 Å². The average Bonchev–Trinajstić information content (AvgIpc) is 2.98. The number of benzene rings is 2. The fraction of sp³-hybridized carbons (Fsp3) is 0.296. The van der Waals surface area contributed by atoms with Crippen LogP contribution in [0.3, 0.4) is 0 Å². The Labute approximate surface area is 256 Å². The maximum atomic E-state index is 14.7. The summed E-state index contributed by atoms with van der Waals surface area (Å²) in [7, 11) is -8.11. The van der Waals surface area contributed by atoms with Gasteiger partial charge in [0.2, 0.25) is 26.0 Å². The van der Waals surface area contributed by atoms with Gasteiger partial charge in [-0.1, -0.05) is 12.1 Å². The van der Waals surface area contributed by atoms with Gasteiger partial charge in [-0.3, -0.25) is 0 Å². The molecule has 2 aromatic carbocycles. The van der Waals surface area contributed by atoms with Crippen LogP contribution in [0, 0.1) is 5.82 Å². The summed E-state index contributed by atoms with van der Waals surface area (Å²) in [4.78, 5) is 12.2. The van der Waals surface area contributed by atoms with Crippen molar-refractivity contribution in [1.29, 1.82) is 0 Å². The van der Waals surface area contributed by atoms with Crippen molar-refractivity contribution < 1.29 is 34.4 Å². The number of halogens is 4. The summed E-state index contributed by atoms with van der Waals surface area (Å²) < 4.78 is 106. The smallest absolute Gasteiger partial charge is 0.359 e. The van der Waals surface area contributed by atoms with Crippen LogP contribution in [0.25, 0.3) is 22.3 Å². The van der Waals surface area contributed by atoms with Gasteiger partial charge in [0.15, 0.2) is 5.82 Å². The lowest BCUT2D eigenvalue weighted by atomic mass is 10.1. The molecule has 0 spiro atoms. The highest BCUT2D eigenvalue weighted by atomic mass is 32.2. The van der Waals surface area contributed by atoms with Gasteiger partial charge >= 0.3 is 6.18 Å². The van der Waals surface area contributed by atoms with Crippen molar-refractivity contribution in [2.24, 2.45) is 5.14 Å². The third-order valence-electron chi connectivity index (χ3n) is 6.88. The maximum absolute atomic E-state index is 14.7. The second-order valence-electron chi connectivity index (χ2n) is 10.3. The van der Waals surface area contributed by atoms with Gasteiger partial charge in [0.25, 0.3) is 0 Å². The Bertz CT molecular complexity index is 1920. The van der Waals surface area contributed by atoms with Crippen molar-refractivity contribution in [2.75, 3.05) is 30.3 Å².